The second-order valence-corrected chi connectivity index (χ2v) is 5.06. The SMILES string of the molecule is Cc1ccc([C@@H]2C[C@@H](N)CCN2)s1. The van der Waals surface area contributed by atoms with Gasteiger partial charge in [-0.25, -0.2) is 0 Å². The van der Waals surface area contributed by atoms with Crippen molar-refractivity contribution in [1.29, 1.82) is 0 Å². The van der Waals surface area contributed by atoms with E-state index in [4.69, 9.17) is 5.73 Å². The fourth-order valence-corrected chi connectivity index (χ4v) is 2.77. The Hall–Kier alpha value is -0.380. The molecule has 0 bridgehead atoms. The maximum Gasteiger partial charge on any atom is 0.0429 e. The van der Waals surface area contributed by atoms with E-state index in [2.05, 4.69) is 24.4 Å². The molecular weight excluding hydrogens is 180 g/mol. The molecule has 2 nitrogen and oxygen atoms in total. The molecule has 2 heterocycles. The number of piperidine rings is 1. The summed E-state index contributed by atoms with van der Waals surface area (Å²) in [6.45, 7) is 3.21. The third-order valence-corrected chi connectivity index (χ3v) is 3.66. The summed E-state index contributed by atoms with van der Waals surface area (Å²) in [5.41, 5.74) is 5.93. The Morgan fingerprint density at radius 1 is 1.54 bits per heavy atom. The first-order valence-electron chi connectivity index (χ1n) is 4.81. The number of aryl methyl sites for hydroxylation is 1. The third kappa shape index (κ3) is 2.10. The molecule has 0 unspecified atom stereocenters. The van der Waals surface area contributed by atoms with Gasteiger partial charge in [0.1, 0.15) is 0 Å². The molecular formula is C10H16N2S. The van der Waals surface area contributed by atoms with Crippen molar-refractivity contribution in [2.45, 2.75) is 31.8 Å². The molecule has 2 atom stereocenters. The van der Waals surface area contributed by atoms with Gasteiger partial charge in [0.15, 0.2) is 0 Å². The van der Waals surface area contributed by atoms with Crippen LogP contribution in [0, 0.1) is 6.92 Å². The van der Waals surface area contributed by atoms with E-state index in [1.807, 2.05) is 11.3 Å². The van der Waals surface area contributed by atoms with Crippen molar-refractivity contribution in [2.24, 2.45) is 5.73 Å². The molecule has 0 radical (unpaired) electrons. The molecule has 13 heavy (non-hydrogen) atoms. The number of thiophene rings is 1. The minimum Gasteiger partial charge on any atom is -0.328 e. The quantitative estimate of drug-likeness (QED) is 0.719. The molecule has 1 aromatic rings. The normalized spacial score (nSPS) is 29.1. The Morgan fingerprint density at radius 2 is 2.38 bits per heavy atom. The second kappa shape index (κ2) is 3.78. The zero-order valence-electron chi connectivity index (χ0n) is 7.92. The predicted molar refractivity (Wildman–Crippen MR) is 57.0 cm³/mol. The fourth-order valence-electron chi connectivity index (χ4n) is 1.80. The van der Waals surface area contributed by atoms with Gasteiger partial charge >= 0.3 is 0 Å². The zero-order valence-corrected chi connectivity index (χ0v) is 8.73. The van der Waals surface area contributed by atoms with Gasteiger partial charge in [-0.2, -0.15) is 0 Å². The summed E-state index contributed by atoms with van der Waals surface area (Å²) >= 11 is 1.88. The van der Waals surface area contributed by atoms with Crippen LogP contribution >= 0.6 is 11.3 Å². The summed E-state index contributed by atoms with van der Waals surface area (Å²) in [5.74, 6) is 0. The number of hydrogen-bond acceptors (Lipinski definition) is 3. The average Bonchev–Trinajstić information content (AvgIpc) is 2.52. The molecule has 3 heteroatoms. The van der Waals surface area contributed by atoms with Crippen molar-refractivity contribution in [2.75, 3.05) is 6.54 Å². The van der Waals surface area contributed by atoms with Gasteiger partial charge in [0.05, 0.1) is 0 Å². The highest BCUT2D eigenvalue weighted by atomic mass is 32.1. The van der Waals surface area contributed by atoms with E-state index in [9.17, 15) is 0 Å². The molecule has 0 saturated carbocycles. The van der Waals surface area contributed by atoms with Crippen molar-refractivity contribution in [3.05, 3.63) is 21.9 Å². The summed E-state index contributed by atoms with van der Waals surface area (Å²) in [6, 6.07) is 5.29. The van der Waals surface area contributed by atoms with Gasteiger partial charge in [0.25, 0.3) is 0 Å². The topological polar surface area (TPSA) is 38.0 Å². The Balaban J connectivity index is 2.08. The van der Waals surface area contributed by atoms with Crippen molar-refractivity contribution in [3.8, 4) is 0 Å². The van der Waals surface area contributed by atoms with Crippen LogP contribution in [0.4, 0.5) is 0 Å². The van der Waals surface area contributed by atoms with Crippen LogP contribution in [0.5, 0.6) is 0 Å². The first-order chi connectivity index (χ1) is 6.25. The Labute approximate surface area is 83.1 Å². The third-order valence-electron chi connectivity index (χ3n) is 2.55. The first-order valence-corrected chi connectivity index (χ1v) is 5.62. The standard InChI is InChI=1S/C10H16N2S/c1-7-2-3-10(13-7)9-6-8(11)4-5-12-9/h2-3,8-9,12H,4-6,11H2,1H3/t8-,9-/m0/s1. The van der Waals surface area contributed by atoms with Crippen LogP contribution in [-0.2, 0) is 0 Å². The highest BCUT2D eigenvalue weighted by Crippen LogP contribution is 2.28. The van der Waals surface area contributed by atoms with Crippen LogP contribution in [0.3, 0.4) is 0 Å². The second-order valence-electron chi connectivity index (χ2n) is 3.74. The van der Waals surface area contributed by atoms with Gasteiger partial charge in [-0.05, 0) is 38.4 Å². The van der Waals surface area contributed by atoms with E-state index in [-0.39, 0.29) is 0 Å². The van der Waals surface area contributed by atoms with E-state index in [0.29, 0.717) is 12.1 Å². The van der Waals surface area contributed by atoms with Crippen LogP contribution in [0.15, 0.2) is 12.1 Å². The van der Waals surface area contributed by atoms with Gasteiger partial charge < -0.3 is 11.1 Å². The van der Waals surface area contributed by atoms with Gasteiger partial charge in [0, 0.05) is 21.8 Å². The number of hydrogen-bond donors (Lipinski definition) is 2. The van der Waals surface area contributed by atoms with Crippen LogP contribution in [0.25, 0.3) is 0 Å². The molecule has 1 saturated heterocycles. The first kappa shape index (κ1) is 9.19. The van der Waals surface area contributed by atoms with Crippen molar-refractivity contribution in [1.82, 2.24) is 5.32 Å². The summed E-state index contributed by atoms with van der Waals surface area (Å²) in [5, 5.41) is 3.51. The number of nitrogens with two attached hydrogens (primary N) is 1. The van der Waals surface area contributed by atoms with Crippen molar-refractivity contribution in [3.63, 3.8) is 0 Å². The van der Waals surface area contributed by atoms with E-state index in [0.717, 1.165) is 19.4 Å². The lowest BCUT2D eigenvalue weighted by Gasteiger charge is -2.27. The summed E-state index contributed by atoms with van der Waals surface area (Å²) < 4.78 is 0. The maximum absolute atomic E-state index is 5.93. The van der Waals surface area contributed by atoms with Crippen LogP contribution in [0.1, 0.15) is 28.6 Å². The minimum atomic E-state index is 0.383. The molecule has 0 aliphatic carbocycles. The molecule has 1 aromatic heterocycles. The molecule has 0 amide bonds. The molecule has 1 aliphatic rings. The van der Waals surface area contributed by atoms with E-state index in [1.165, 1.54) is 9.75 Å². The van der Waals surface area contributed by atoms with Gasteiger partial charge in [0.2, 0.25) is 0 Å². The molecule has 0 spiro atoms. The lowest BCUT2D eigenvalue weighted by Crippen LogP contribution is -2.38. The highest BCUT2D eigenvalue weighted by molar-refractivity contribution is 7.12. The van der Waals surface area contributed by atoms with Crippen molar-refractivity contribution >= 4 is 11.3 Å². The van der Waals surface area contributed by atoms with Crippen LogP contribution in [0.2, 0.25) is 0 Å². The van der Waals surface area contributed by atoms with E-state index < -0.39 is 0 Å². The highest BCUT2D eigenvalue weighted by Gasteiger charge is 2.20. The smallest absolute Gasteiger partial charge is 0.0429 e. The maximum atomic E-state index is 5.93. The molecule has 2 rings (SSSR count). The summed E-state index contributed by atoms with van der Waals surface area (Å²) in [7, 11) is 0. The monoisotopic (exact) mass is 196 g/mol. The Morgan fingerprint density at radius 3 is 3.00 bits per heavy atom. The average molecular weight is 196 g/mol. The summed E-state index contributed by atoms with van der Waals surface area (Å²) in [4.78, 5) is 2.82. The van der Waals surface area contributed by atoms with Gasteiger partial charge in [-0.15, -0.1) is 11.3 Å². The predicted octanol–water partition coefficient (Wildman–Crippen LogP) is 1.81. The Kier molecular flexibility index (Phi) is 2.67. The van der Waals surface area contributed by atoms with E-state index in [1.54, 1.807) is 0 Å². The molecule has 1 fully saturated rings. The van der Waals surface area contributed by atoms with Gasteiger partial charge in [-0.1, -0.05) is 0 Å². The Bertz CT molecular complexity index is 282. The summed E-state index contributed by atoms with van der Waals surface area (Å²) in [6.07, 6.45) is 2.20. The minimum absolute atomic E-state index is 0.383. The van der Waals surface area contributed by atoms with Crippen molar-refractivity contribution < 1.29 is 0 Å². The molecule has 3 N–H and O–H groups in total. The lowest BCUT2D eigenvalue weighted by atomic mass is 9.99. The molecule has 72 valence electrons. The fraction of sp³-hybridized carbons (Fsp3) is 0.600. The van der Waals surface area contributed by atoms with E-state index >= 15 is 0 Å². The number of rotatable bonds is 1. The molecule has 0 aromatic carbocycles. The van der Waals surface area contributed by atoms with Crippen LogP contribution < -0.4 is 11.1 Å². The largest absolute Gasteiger partial charge is 0.328 e. The van der Waals surface area contributed by atoms with Crippen LogP contribution in [-0.4, -0.2) is 12.6 Å². The molecule has 1 aliphatic heterocycles. The zero-order chi connectivity index (χ0) is 9.26. The van der Waals surface area contributed by atoms with Gasteiger partial charge in [-0.3, -0.25) is 0 Å². The lowest BCUT2D eigenvalue weighted by molar-refractivity contribution is 0.373. The number of nitrogens with one attached hydrogen (secondary N) is 1.